The molecule has 16 nitrogen and oxygen atoms in total. The van der Waals surface area contributed by atoms with Crippen molar-refractivity contribution in [2.24, 2.45) is 5.92 Å². The van der Waals surface area contributed by atoms with Gasteiger partial charge in [-0.1, -0.05) is 32.0 Å². The first kappa shape index (κ1) is 41.9. The Hall–Kier alpha value is -5.42. The number of aromatic nitrogens is 4. The van der Waals surface area contributed by atoms with Crippen LogP contribution in [0.25, 0.3) is 11.4 Å². The maximum atomic E-state index is 13.8. The Labute approximate surface area is 363 Å². The summed E-state index contributed by atoms with van der Waals surface area (Å²) in [7, 11) is 0. The Kier molecular flexibility index (Phi) is 12.3. The van der Waals surface area contributed by atoms with Crippen LogP contribution in [0.5, 0.6) is 11.5 Å². The molecule has 0 unspecified atom stereocenters. The van der Waals surface area contributed by atoms with Crippen molar-refractivity contribution >= 4 is 23.6 Å². The fourth-order valence-corrected chi connectivity index (χ4v) is 9.70. The lowest BCUT2D eigenvalue weighted by Crippen LogP contribution is -2.49. The summed E-state index contributed by atoms with van der Waals surface area (Å²) >= 11 is 0. The molecule has 4 aromatic rings. The molecule has 62 heavy (non-hydrogen) atoms. The summed E-state index contributed by atoms with van der Waals surface area (Å²) in [6.45, 7) is 17.2. The van der Waals surface area contributed by atoms with E-state index in [4.69, 9.17) is 20.4 Å². The molecular formula is C46H59N11O5. The van der Waals surface area contributed by atoms with Crippen LogP contribution < -0.4 is 10.6 Å². The molecule has 3 fully saturated rings. The molecule has 9 rings (SSSR count). The number of aromatic hydroxyl groups is 2. The average molecular weight is 846 g/mol. The fraction of sp³-hybridized carbons (Fsp3) is 0.522. The summed E-state index contributed by atoms with van der Waals surface area (Å²) in [5.74, 6) is 2.06. The van der Waals surface area contributed by atoms with E-state index in [2.05, 4.69) is 47.8 Å². The third-order valence-electron chi connectivity index (χ3n) is 13.4. The minimum atomic E-state index is -0.224. The first-order valence-electron chi connectivity index (χ1n) is 22.3. The van der Waals surface area contributed by atoms with Crippen molar-refractivity contribution in [2.75, 3.05) is 95.8 Å². The van der Waals surface area contributed by atoms with Gasteiger partial charge in [0.25, 0.3) is 5.91 Å². The van der Waals surface area contributed by atoms with Gasteiger partial charge in [-0.2, -0.15) is 0 Å². The van der Waals surface area contributed by atoms with Gasteiger partial charge in [0, 0.05) is 96.0 Å². The molecule has 2 aromatic heterocycles. The molecule has 3 saturated heterocycles. The predicted molar refractivity (Wildman–Crippen MR) is 234 cm³/mol. The van der Waals surface area contributed by atoms with Crippen LogP contribution in [0.3, 0.4) is 0 Å². The standard InChI is InChI=1S/C46H59N11O5/c1-30(2)37-20-38(41(59)21-40(37)58)45(61)57-26-33-4-3-32(19-34(33)27-57)25-54-13-11-53(12-14-54)24-31-5-8-52(9-6-31)29-42(60)56-10-7-36-39(28-56)50-43(35-22-48-46(47)49-23-35)51-44(36)55-15-17-62-18-16-55/h3-4,19-23,30-31,58-59H,5-18,24-29H2,1-2H3,(H2,47,48,49). The van der Waals surface area contributed by atoms with Gasteiger partial charge >= 0.3 is 0 Å². The molecule has 16 heteroatoms. The molecule has 7 heterocycles. The van der Waals surface area contributed by atoms with E-state index in [0.29, 0.717) is 75.2 Å². The lowest BCUT2D eigenvalue weighted by atomic mass is 9.95. The number of likely N-dealkylation sites (tertiary alicyclic amines) is 1. The first-order chi connectivity index (χ1) is 30.0. The molecule has 2 aromatic carbocycles. The smallest absolute Gasteiger partial charge is 0.258 e. The highest BCUT2D eigenvalue weighted by molar-refractivity contribution is 5.97. The monoisotopic (exact) mass is 845 g/mol. The molecule has 2 amide bonds. The number of hydrogen-bond acceptors (Lipinski definition) is 14. The maximum Gasteiger partial charge on any atom is 0.258 e. The van der Waals surface area contributed by atoms with Crippen LogP contribution in [0.4, 0.5) is 11.8 Å². The van der Waals surface area contributed by atoms with Crippen molar-refractivity contribution in [3.05, 3.63) is 81.8 Å². The number of piperazine rings is 1. The number of ether oxygens (including phenoxy) is 1. The predicted octanol–water partition coefficient (Wildman–Crippen LogP) is 3.46. The van der Waals surface area contributed by atoms with Crippen LogP contribution in [0, 0.1) is 5.92 Å². The lowest BCUT2D eigenvalue weighted by molar-refractivity contribution is -0.133. The van der Waals surface area contributed by atoms with Gasteiger partial charge in [0.2, 0.25) is 11.9 Å². The van der Waals surface area contributed by atoms with Gasteiger partial charge in [0.1, 0.15) is 17.3 Å². The molecule has 5 aliphatic rings. The zero-order valence-electron chi connectivity index (χ0n) is 36.0. The Morgan fingerprint density at radius 2 is 1.53 bits per heavy atom. The van der Waals surface area contributed by atoms with Gasteiger partial charge in [0.15, 0.2) is 5.82 Å². The molecule has 0 atom stereocenters. The van der Waals surface area contributed by atoms with Crippen LogP contribution in [0.2, 0.25) is 0 Å². The largest absolute Gasteiger partial charge is 0.508 e. The number of fused-ring (bicyclic) bond motifs is 2. The van der Waals surface area contributed by atoms with Gasteiger partial charge in [-0.05, 0) is 72.5 Å². The first-order valence-corrected chi connectivity index (χ1v) is 22.3. The van der Waals surface area contributed by atoms with Crippen molar-refractivity contribution in [3.8, 4) is 22.9 Å². The molecule has 5 aliphatic heterocycles. The van der Waals surface area contributed by atoms with Crippen LogP contribution in [0.15, 0.2) is 42.7 Å². The molecule has 0 bridgehead atoms. The quantitative estimate of drug-likeness (QED) is 0.211. The Morgan fingerprint density at radius 3 is 2.27 bits per heavy atom. The van der Waals surface area contributed by atoms with E-state index in [9.17, 15) is 19.8 Å². The van der Waals surface area contributed by atoms with Crippen LogP contribution >= 0.6 is 0 Å². The van der Waals surface area contributed by atoms with Crippen LogP contribution in [-0.2, 0) is 42.1 Å². The summed E-state index contributed by atoms with van der Waals surface area (Å²) in [6.07, 6.45) is 6.21. The van der Waals surface area contributed by atoms with Crippen molar-refractivity contribution in [1.29, 1.82) is 0 Å². The summed E-state index contributed by atoms with van der Waals surface area (Å²) in [5, 5.41) is 20.8. The molecule has 0 radical (unpaired) electrons. The molecule has 328 valence electrons. The van der Waals surface area contributed by atoms with Gasteiger partial charge < -0.3 is 40.3 Å². The van der Waals surface area contributed by atoms with Crippen molar-refractivity contribution in [1.82, 2.24) is 44.4 Å². The number of benzene rings is 2. The van der Waals surface area contributed by atoms with E-state index >= 15 is 0 Å². The fourth-order valence-electron chi connectivity index (χ4n) is 9.70. The van der Waals surface area contributed by atoms with E-state index in [1.807, 2.05) is 18.7 Å². The average Bonchev–Trinajstić information content (AvgIpc) is 3.71. The third kappa shape index (κ3) is 9.19. The lowest BCUT2D eigenvalue weighted by Gasteiger charge is -2.39. The summed E-state index contributed by atoms with van der Waals surface area (Å²) in [4.78, 5) is 58.9. The number of nitrogens with two attached hydrogens (primary N) is 1. The van der Waals surface area contributed by atoms with E-state index in [0.717, 1.165) is 106 Å². The maximum absolute atomic E-state index is 13.8. The summed E-state index contributed by atoms with van der Waals surface area (Å²) < 4.78 is 5.62. The summed E-state index contributed by atoms with van der Waals surface area (Å²) in [5.41, 5.74) is 12.9. The highest BCUT2D eigenvalue weighted by Crippen LogP contribution is 2.35. The minimum Gasteiger partial charge on any atom is -0.508 e. The van der Waals surface area contributed by atoms with E-state index in [1.54, 1.807) is 23.4 Å². The van der Waals surface area contributed by atoms with E-state index in [1.165, 1.54) is 11.6 Å². The number of carbonyl (C=O) groups excluding carboxylic acids is 2. The number of phenolic OH excluding ortho intramolecular Hbond substituents is 2. The van der Waals surface area contributed by atoms with Crippen LogP contribution in [0.1, 0.15) is 76.5 Å². The highest BCUT2D eigenvalue weighted by atomic mass is 16.5. The van der Waals surface area contributed by atoms with Crippen molar-refractivity contribution in [2.45, 2.75) is 65.2 Å². The van der Waals surface area contributed by atoms with Crippen molar-refractivity contribution in [3.63, 3.8) is 0 Å². The number of phenols is 2. The highest BCUT2D eigenvalue weighted by Gasteiger charge is 2.32. The Morgan fingerprint density at radius 1 is 0.806 bits per heavy atom. The Bertz CT molecular complexity index is 2270. The number of carbonyl (C=O) groups is 2. The molecule has 0 saturated carbocycles. The number of nitrogen functional groups attached to an aromatic ring is 1. The third-order valence-corrected chi connectivity index (χ3v) is 13.4. The number of morpholine rings is 1. The number of piperidine rings is 1. The molecular weight excluding hydrogens is 787 g/mol. The number of amides is 2. The van der Waals surface area contributed by atoms with Crippen LogP contribution in [-0.4, -0.2) is 152 Å². The number of hydrogen-bond donors (Lipinski definition) is 3. The van der Waals surface area contributed by atoms with Gasteiger partial charge in [-0.15, -0.1) is 0 Å². The van der Waals surface area contributed by atoms with E-state index in [-0.39, 0.29) is 40.7 Å². The zero-order valence-corrected chi connectivity index (χ0v) is 36.0. The molecule has 4 N–H and O–H groups in total. The molecule has 0 spiro atoms. The van der Waals surface area contributed by atoms with Crippen molar-refractivity contribution < 1.29 is 24.5 Å². The number of nitrogens with zero attached hydrogens (tertiary/aromatic N) is 10. The topological polar surface area (TPSA) is 181 Å². The zero-order chi connectivity index (χ0) is 42.9. The van der Waals surface area contributed by atoms with Gasteiger partial charge in [0.05, 0.1) is 43.1 Å². The van der Waals surface area contributed by atoms with E-state index < -0.39 is 0 Å². The SMILES string of the molecule is CC(C)c1cc(C(=O)N2Cc3ccc(CN4CCN(CC5CCN(CC(=O)N6CCc7c(nc(-c8cnc(N)nc8)nc7N7CCOCC7)C6)CC5)CC4)cc3C2)c(O)cc1O. The summed E-state index contributed by atoms with van der Waals surface area (Å²) in [6, 6.07) is 9.47. The second-order valence-electron chi connectivity index (χ2n) is 17.9. The second-order valence-corrected chi connectivity index (χ2v) is 17.9. The number of anilines is 2. The minimum absolute atomic E-state index is 0.00875. The number of rotatable bonds is 10. The Balaban J connectivity index is 0.725. The molecule has 0 aliphatic carbocycles. The van der Waals surface area contributed by atoms with Gasteiger partial charge in [-0.25, -0.2) is 19.9 Å². The normalized spacial score (nSPS) is 19.2. The van der Waals surface area contributed by atoms with Gasteiger partial charge in [-0.3, -0.25) is 19.4 Å². The second kappa shape index (κ2) is 18.1.